The molecule has 1 heteroatoms. The van der Waals surface area contributed by atoms with E-state index in [1.807, 2.05) is 6.08 Å². The molecule has 0 N–H and O–H groups in total. The Balaban J connectivity index is 2.50. The Bertz CT molecular complexity index is 400. The maximum atomic E-state index is 11.8. The smallest absolute Gasteiger partial charge is 0.156 e. The fraction of sp³-hybridized carbons (Fsp3) is 0.688. The number of hydrogen-bond acceptors (Lipinski definition) is 1. The highest BCUT2D eigenvalue weighted by Gasteiger charge is 2.52. The largest absolute Gasteiger partial charge is 0.295 e. The number of carbonyl (C=O) groups excluding carboxylic acids is 1. The molecule has 1 saturated carbocycles. The van der Waals surface area contributed by atoms with E-state index in [2.05, 4.69) is 27.4 Å². The molecule has 0 aromatic rings. The summed E-state index contributed by atoms with van der Waals surface area (Å²) in [4.78, 5) is 11.8. The summed E-state index contributed by atoms with van der Waals surface area (Å²) in [5.41, 5.74) is 2.81. The maximum Gasteiger partial charge on any atom is 0.156 e. The lowest BCUT2D eigenvalue weighted by molar-refractivity contribution is -0.113. The molecule has 0 aromatic carbocycles. The molecule has 2 atom stereocenters. The molecular weight excluding hydrogens is 208 g/mol. The molecule has 1 nitrogen and oxygen atoms in total. The number of fused-ring (bicyclic) bond motifs is 1. The summed E-state index contributed by atoms with van der Waals surface area (Å²) in [7, 11) is 0. The number of hydrogen-bond donors (Lipinski definition) is 0. The van der Waals surface area contributed by atoms with Gasteiger partial charge in [0.2, 0.25) is 0 Å². The lowest BCUT2D eigenvalue weighted by atomic mass is 9.56. The van der Waals surface area contributed by atoms with Crippen LogP contribution in [0, 0.1) is 16.7 Å². The number of allylic oxidation sites excluding steroid dienone is 3. The van der Waals surface area contributed by atoms with E-state index in [0.717, 1.165) is 12.0 Å². The Labute approximate surface area is 105 Å². The summed E-state index contributed by atoms with van der Waals surface area (Å²) in [6, 6.07) is 0. The molecule has 0 aliphatic heterocycles. The minimum Gasteiger partial charge on any atom is -0.295 e. The van der Waals surface area contributed by atoms with Crippen LogP contribution in [0.2, 0.25) is 0 Å². The van der Waals surface area contributed by atoms with Gasteiger partial charge in [-0.3, -0.25) is 4.79 Å². The van der Waals surface area contributed by atoms with Crippen molar-refractivity contribution in [1.29, 1.82) is 0 Å². The highest BCUT2D eigenvalue weighted by atomic mass is 16.1. The van der Waals surface area contributed by atoms with E-state index >= 15 is 0 Å². The standard InChI is InChI=1S/C16H24O/c1-6-13-12(11(2)17)10-14-15(3,4)8-7-9-16(13,14)5/h6,14H,1,7-10H2,2-5H3/t14-,16+/m0/s1. The van der Waals surface area contributed by atoms with Crippen LogP contribution >= 0.6 is 0 Å². The molecule has 94 valence electrons. The van der Waals surface area contributed by atoms with Crippen molar-refractivity contribution in [2.24, 2.45) is 16.7 Å². The van der Waals surface area contributed by atoms with Crippen molar-refractivity contribution >= 4 is 5.78 Å². The van der Waals surface area contributed by atoms with Crippen LogP contribution in [0.15, 0.2) is 23.8 Å². The average Bonchev–Trinajstić information content (AvgIpc) is 2.51. The highest BCUT2D eigenvalue weighted by Crippen LogP contribution is 2.61. The first-order valence-corrected chi connectivity index (χ1v) is 6.70. The number of carbonyl (C=O) groups is 1. The zero-order valence-corrected chi connectivity index (χ0v) is 11.6. The molecule has 17 heavy (non-hydrogen) atoms. The summed E-state index contributed by atoms with van der Waals surface area (Å²) < 4.78 is 0. The monoisotopic (exact) mass is 232 g/mol. The Hall–Kier alpha value is -0.850. The molecule has 0 radical (unpaired) electrons. The second kappa shape index (κ2) is 3.83. The topological polar surface area (TPSA) is 17.1 Å². The first-order valence-electron chi connectivity index (χ1n) is 6.70. The first-order chi connectivity index (χ1) is 7.83. The van der Waals surface area contributed by atoms with E-state index in [0.29, 0.717) is 11.3 Å². The predicted octanol–water partition coefficient (Wildman–Crippen LogP) is 4.29. The van der Waals surface area contributed by atoms with Crippen LogP contribution in [0.1, 0.15) is 53.4 Å². The van der Waals surface area contributed by atoms with E-state index in [9.17, 15) is 4.79 Å². The van der Waals surface area contributed by atoms with Crippen molar-refractivity contribution in [3.63, 3.8) is 0 Å². The molecule has 2 aliphatic rings. The van der Waals surface area contributed by atoms with Gasteiger partial charge >= 0.3 is 0 Å². The molecule has 2 rings (SSSR count). The second-order valence-electron chi connectivity index (χ2n) is 6.67. The van der Waals surface area contributed by atoms with Crippen LogP contribution in [0.5, 0.6) is 0 Å². The van der Waals surface area contributed by atoms with E-state index in [4.69, 9.17) is 0 Å². The van der Waals surface area contributed by atoms with E-state index in [1.165, 1.54) is 24.8 Å². The van der Waals surface area contributed by atoms with Crippen LogP contribution in [-0.4, -0.2) is 5.78 Å². The van der Waals surface area contributed by atoms with Gasteiger partial charge in [0.1, 0.15) is 0 Å². The molecule has 0 amide bonds. The average molecular weight is 232 g/mol. The van der Waals surface area contributed by atoms with Crippen LogP contribution in [0.3, 0.4) is 0 Å². The molecule has 0 spiro atoms. The van der Waals surface area contributed by atoms with Crippen LogP contribution in [0.25, 0.3) is 0 Å². The zero-order chi connectivity index (χ0) is 12.8. The lowest BCUT2D eigenvalue weighted by Crippen LogP contribution is -2.39. The van der Waals surface area contributed by atoms with Crippen molar-refractivity contribution < 1.29 is 4.79 Å². The van der Waals surface area contributed by atoms with Gasteiger partial charge in [-0.1, -0.05) is 39.8 Å². The SMILES string of the molecule is C=CC1=C(C(C)=O)C[C@H]2C(C)(C)CCC[C@]12C. The van der Waals surface area contributed by atoms with E-state index < -0.39 is 0 Å². The van der Waals surface area contributed by atoms with Gasteiger partial charge in [0.05, 0.1) is 0 Å². The molecule has 0 unspecified atom stereocenters. The molecule has 2 aliphatic carbocycles. The van der Waals surface area contributed by atoms with Crippen LogP contribution in [-0.2, 0) is 4.79 Å². The third kappa shape index (κ3) is 1.71. The molecule has 1 fully saturated rings. The van der Waals surface area contributed by atoms with Gasteiger partial charge in [-0.15, -0.1) is 0 Å². The van der Waals surface area contributed by atoms with Gasteiger partial charge in [-0.05, 0) is 54.1 Å². The van der Waals surface area contributed by atoms with Gasteiger partial charge in [0.15, 0.2) is 5.78 Å². The lowest BCUT2D eigenvalue weighted by Gasteiger charge is -2.48. The van der Waals surface area contributed by atoms with Gasteiger partial charge in [0, 0.05) is 0 Å². The van der Waals surface area contributed by atoms with E-state index in [-0.39, 0.29) is 11.2 Å². The van der Waals surface area contributed by atoms with Gasteiger partial charge in [-0.2, -0.15) is 0 Å². The molecule has 0 bridgehead atoms. The Kier molecular flexibility index (Phi) is 2.84. The zero-order valence-electron chi connectivity index (χ0n) is 11.6. The fourth-order valence-corrected chi connectivity index (χ4v) is 4.29. The van der Waals surface area contributed by atoms with E-state index in [1.54, 1.807) is 6.92 Å². The maximum absolute atomic E-state index is 11.8. The fourth-order valence-electron chi connectivity index (χ4n) is 4.29. The predicted molar refractivity (Wildman–Crippen MR) is 71.8 cm³/mol. The Morgan fingerprint density at radius 1 is 1.35 bits per heavy atom. The summed E-state index contributed by atoms with van der Waals surface area (Å²) >= 11 is 0. The van der Waals surface area contributed by atoms with Crippen molar-refractivity contribution in [3.05, 3.63) is 23.8 Å². The van der Waals surface area contributed by atoms with Crippen LogP contribution < -0.4 is 0 Å². The minimum absolute atomic E-state index is 0.185. The molecule has 0 heterocycles. The third-order valence-electron chi connectivity index (χ3n) is 5.21. The molecule has 0 saturated heterocycles. The van der Waals surface area contributed by atoms with Crippen molar-refractivity contribution in [2.45, 2.75) is 53.4 Å². The number of Topliss-reactive ketones (excluding diaryl/α,β-unsaturated/α-hetero) is 1. The summed E-state index contributed by atoms with van der Waals surface area (Å²) in [5.74, 6) is 0.849. The van der Waals surface area contributed by atoms with Gasteiger partial charge in [-0.25, -0.2) is 0 Å². The quantitative estimate of drug-likeness (QED) is 0.694. The number of rotatable bonds is 2. The van der Waals surface area contributed by atoms with Gasteiger partial charge < -0.3 is 0 Å². The highest BCUT2D eigenvalue weighted by molar-refractivity contribution is 5.95. The normalized spacial score (nSPS) is 35.6. The summed E-state index contributed by atoms with van der Waals surface area (Å²) in [6.45, 7) is 12.7. The van der Waals surface area contributed by atoms with Crippen molar-refractivity contribution in [2.75, 3.05) is 0 Å². The van der Waals surface area contributed by atoms with Crippen molar-refractivity contribution in [1.82, 2.24) is 0 Å². The van der Waals surface area contributed by atoms with Crippen molar-refractivity contribution in [3.8, 4) is 0 Å². The second-order valence-corrected chi connectivity index (χ2v) is 6.67. The van der Waals surface area contributed by atoms with Gasteiger partial charge in [0.25, 0.3) is 0 Å². The summed E-state index contributed by atoms with van der Waals surface area (Å²) in [6.07, 6.45) is 6.66. The minimum atomic E-state index is 0.185. The molecular formula is C16H24O. The van der Waals surface area contributed by atoms with Crippen LogP contribution in [0.4, 0.5) is 0 Å². The molecule has 0 aromatic heterocycles. The summed E-state index contributed by atoms with van der Waals surface area (Å²) in [5, 5.41) is 0. The Morgan fingerprint density at radius 2 is 2.00 bits per heavy atom. The third-order valence-corrected chi connectivity index (χ3v) is 5.21. The number of ketones is 1. The first kappa shape index (κ1) is 12.6. The Morgan fingerprint density at radius 3 is 2.53 bits per heavy atom.